The minimum absolute atomic E-state index is 0.153. The Morgan fingerprint density at radius 3 is 2.50 bits per heavy atom. The first kappa shape index (κ1) is 14.7. The van der Waals surface area contributed by atoms with Gasteiger partial charge in [-0.2, -0.15) is 14.0 Å². The van der Waals surface area contributed by atoms with Crippen molar-refractivity contribution in [3.8, 4) is 11.8 Å². The number of alkyl halides is 2. The Bertz CT molecular complexity index is 596. The van der Waals surface area contributed by atoms with Gasteiger partial charge in [0.1, 0.15) is 16.7 Å². The second-order valence-corrected chi connectivity index (χ2v) is 5.74. The van der Waals surface area contributed by atoms with Gasteiger partial charge in [0.2, 0.25) is 0 Å². The van der Waals surface area contributed by atoms with Crippen LogP contribution in [0.4, 0.5) is 8.78 Å². The van der Waals surface area contributed by atoms with Crippen molar-refractivity contribution in [1.82, 2.24) is 0 Å². The van der Waals surface area contributed by atoms with Gasteiger partial charge in [-0.15, -0.1) is 0 Å². The number of rotatable bonds is 4. The highest BCUT2D eigenvalue weighted by Gasteiger charge is 2.22. The molecule has 0 saturated carbocycles. The van der Waals surface area contributed by atoms with E-state index in [4.69, 9.17) is 15.9 Å². The van der Waals surface area contributed by atoms with Gasteiger partial charge in [-0.3, -0.25) is 0 Å². The second-order valence-electron chi connectivity index (χ2n) is 3.24. The van der Waals surface area contributed by atoms with Crippen LogP contribution in [0, 0.1) is 11.3 Å². The van der Waals surface area contributed by atoms with Crippen molar-refractivity contribution in [2.45, 2.75) is 24.9 Å². The van der Waals surface area contributed by atoms with Crippen LogP contribution < -0.4 is 4.74 Å². The number of nitriles is 1. The summed E-state index contributed by atoms with van der Waals surface area (Å²) in [6, 6.07) is 3.65. The highest BCUT2D eigenvalue weighted by molar-refractivity contribution is 8.13. The highest BCUT2D eigenvalue weighted by atomic mass is 35.7. The lowest BCUT2D eigenvalue weighted by molar-refractivity contribution is -0.0499. The molecule has 0 aliphatic rings. The minimum atomic E-state index is -4.13. The number of halogens is 3. The lowest BCUT2D eigenvalue weighted by Gasteiger charge is -2.11. The Morgan fingerprint density at radius 1 is 1.50 bits per heavy atom. The molecule has 98 valence electrons. The first-order valence-electron chi connectivity index (χ1n) is 4.76. The van der Waals surface area contributed by atoms with Crippen molar-refractivity contribution in [2.24, 2.45) is 0 Å². The average Bonchev–Trinajstić information content (AvgIpc) is 2.25. The Morgan fingerprint density at radius 2 is 2.11 bits per heavy atom. The van der Waals surface area contributed by atoms with Gasteiger partial charge in [-0.25, -0.2) is 8.42 Å². The van der Waals surface area contributed by atoms with Crippen LogP contribution in [-0.4, -0.2) is 15.0 Å². The fourth-order valence-corrected chi connectivity index (χ4v) is 2.89. The molecule has 1 aromatic rings. The SMILES string of the molecule is CCc1cc(OC(F)F)cc(C#N)c1S(=O)(=O)Cl. The number of aryl methyl sites for hydroxylation is 1. The molecule has 0 saturated heterocycles. The van der Waals surface area contributed by atoms with E-state index in [1.807, 2.05) is 0 Å². The van der Waals surface area contributed by atoms with Gasteiger partial charge >= 0.3 is 6.61 Å². The van der Waals surface area contributed by atoms with E-state index in [-0.39, 0.29) is 28.2 Å². The molecular formula is C10H8ClF2NO3S. The second kappa shape index (κ2) is 5.50. The topological polar surface area (TPSA) is 67.2 Å². The van der Waals surface area contributed by atoms with Crippen molar-refractivity contribution in [3.63, 3.8) is 0 Å². The number of ether oxygens (including phenoxy) is 1. The summed E-state index contributed by atoms with van der Waals surface area (Å²) in [5.41, 5.74) is -0.167. The van der Waals surface area contributed by atoms with Crippen molar-refractivity contribution in [2.75, 3.05) is 0 Å². The van der Waals surface area contributed by atoms with Crippen molar-refractivity contribution >= 4 is 19.7 Å². The predicted molar refractivity (Wildman–Crippen MR) is 60.2 cm³/mol. The molecule has 0 atom stereocenters. The van der Waals surface area contributed by atoms with Crippen LogP contribution in [0.15, 0.2) is 17.0 Å². The summed E-state index contributed by atoms with van der Waals surface area (Å²) in [6.07, 6.45) is 0.205. The third kappa shape index (κ3) is 3.31. The fraction of sp³-hybridized carbons (Fsp3) is 0.300. The van der Waals surface area contributed by atoms with Gasteiger partial charge in [-0.05, 0) is 24.1 Å². The van der Waals surface area contributed by atoms with Gasteiger partial charge in [-0.1, -0.05) is 6.92 Å². The molecule has 0 radical (unpaired) electrons. The molecule has 0 aliphatic heterocycles. The summed E-state index contributed by atoms with van der Waals surface area (Å²) in [4.78, 5) is -0.365. The smallest absolute Gasteiger partial charge is 0.387 e. The van der Waals surface area contributed by atoms with Gasteiger partial charge in [0.05, 0.1) is 5.56 Å². The third-order valence-corrected chi connectivity index (χ3v) is 3.54. The molecule has 0 heterocycles. The summed E-state index contributed by atoms with van der Waals surface area (Å²) in [5.74, 6) is -0.275. The molecule has 0 N–H and O–H groups in total. The fourth-order valence-electron chi connectivity index (χ4n) is 1.46. The zero-order chi connectivity index (χ0) is 13.9. The zero-order valence-electron chi connectivity index (χ0n) is 9.15. The zero-order valence-corrected chi connectivity index (χ0v) is 10.7. The Balaban J connectivity index is 3.51. The lowest BCUT2D eigenvalue weighted by Crippen LogP contribution is -2.06. The van der Waals surface area contributed by atoms with Crippen LogP contribution in [0.1, 0.15) is 18.1 Å². The molecule has 1 rings (SSSR count). The molecule has 18 heavy (non-hydrogen) atoms. The Kier molecular flexibility index (Phi) is 4.48. The van der Waals surface area contributed by atoms with Crippen LogP contribution in [0.3, 0.4) is 0 Å². The van der Waals surface area contributed by atoms with E-state index in [1.165, 1.54) is 0 Å². The van der Waals surface area contributed by atoms with E-state index < -0.39 is 15.7 Å². The molecule has 4 nitrogen and oxygen atoms in total. The molecule has 1 aromatic carbocycles. The molecule has 8 heteroatoms. The van der Waals surface area contributed by atoms with Crippen LogP contribution in [0.2, 0.25) is 0 Å². The summed E-state index contributed by atoms with van der Waals surface area (Å²) in [7, 11) is 1.09. The first-order chi connectivity index (χ1) is 8.29. The lowest BCUT2D eigenvalue weighted by atomic mass is 10.1. The molecule has 0 fully saturated rings. The molecule has 0 aliphatic carbocycles. The highest BCUT2D eigenvalue weighted by Crippen LogP contribution is 2.30. The van der Waals surface area contributed by atoms with Gasteiger partial charge < -0.3 is 4.74 Å². The number of hydrogen-bond acceptors (Lipinski definition) is 4. The maximum atomic E-state index is 12.1. The van der Waals surface area contributed by atoms with E-state index in [0.717, 1.165) is 12.1 Å². The standard InChI is InChI=1S/C10H8ClF2NO3S/c1-2-6-3-8(17-10(12)13)4-7(5-14)9(6)18(11,15)16/h3-4,10H,2H2,1H3. The van der Waals surface area contributed by atoms with E-state index in [0.29, 0.717) is 0 Å². The van der Waals surface area contributed by atoms with Crippen molar-refractivity contribution in [3.05, 3.63) is 23.3 Å². The summed E-state index contributed by atoms with van der Waals surface area (Å²) in [5, 5.41) is 8.84. The van der Waals surface area contributed by atoms with Gasteiger partial charge in [0, 0.05) is 10.7 Å². The number of hydrogen-bond donors (Lipinski definition) is 0. The largest absolute Gasteiger partial charge is 0.435 e. The Labute approximate surface area is 107 Å². The Hall–Kier alpha value is -1.39. The maximum absolute atomic E-state index is 12.1. The van der Waals surface area contributed by atoms with E-state index in [1.54, 1.807) is 13.0 Å². The van der Waals surface area contributed by atoms with E-state index in [9.17, 15) is 17.2 Å². The van der Waals surface area contributed by atoms with Crippen molar-refractivity contribution < 1.29 is 21.9 Å². The van der Waals surface area contributed by atoms with Crippen LogP contribution in [0.25, 0.3) is 0 Å². The summed E-state index contributed by atoms with van der Waals surface area (Å²) in [6.45, 7) is -1.45. The van der Waals surface area contributed by atoms with E-state index in [2.05, 4.69) is 4.74 Å². The van der Waals surface area contributed by atoms with E-state index >= 15 is 0 Å². The molecule has 0 bridgehead atoms. The van der Waals surface area contributed by atoms with Crippen LogP contribution in [-0.2, 0) is 15.5 Å². The summed E-state index contributed by atoms with van der Waals surface area (Å²) >= 11 is 0. The van der Waals surface area contributed by atoms with Crippen LogP contribution >= 0.6 is 10.7 Å². The van der Waals surface area contributed by atoms with Crippen LogP contribution in [0.5, 0.6) is 5.75 Å². The average molecular weight is 296 g/mol. The number of nitrogens with zero attached hydrogens (tertiary/aromatic N) is 1. The number of benzene rings is 1. The summed E-state index contributed by atoms with van der Waals surface area (Å²) < 4.78 is 51.0. The first-order valence-corrected chi connectivity index (χ1v) is 7.07. The maximum Gasteiger partial charge on any atom is 0.387 e. The van der Waals surface area contributed by atoms with Crippen molar-refractivity contribution in [1.29, 1.82) is 5.26 Å². The molecular weight excluding hydrogens is 288 g/mol. The quantitative estimate of drug-likeness (QED) is 0.801. The predicted octanol–water partition coefficient (Wildman–Crippen LogP) is 2.65. The third-order valence-electron chi connectivity index (χ3n) is 2.11. The normalized spacial score (nSPS) is 11.3. The van der Waals surface area contributed by atoms with Gasteiger partial charge in [0.15, 0.2) is 0 Å². The molecule has 0 amide bonds. The minimum Gasteiger partial charge on any atom is -0.435 e. The molecule has 0 spiro atoms. The molecule has 0 unspecified atom stereocenters. The monoisotopic (exact) mass is 295 g/mol. The molecule has 0 aromatic heterocycles. The van der Waals surface area contributed by atoms with Gasteiger partial charge in [0.25, 0.3) is 9.05 Å².